The van der Waals surface area contributed by atoms with Gasteiger partial charge >= 0.3 is 5.97 Å². The molecule has 39 heavy (non-hydrogen) atoms. The van der Waals surface area contributed by atoms with Crippen molar-refractivity contribution in [3.05, 3.63) is 102 Å². The lowest BCUT2D eigenvalue weighted by Gasteiger charge is -2.37. The van der Waals surface area contributed by atoms with E-state index in [4.69, 9.17) is 9.47 Å². The van der Waals surface area contributed by atoms with Gasteiger partial charge in [0.25, 0.3) is 0 Å². The zero-order chi connectivity index (χ0) is 26.7. The summed E-state index contributed by atoms with van der Waals surface area (Å²) in [6.45, 7) is -0.188. The normalized spacial score (nSPS) is 27.6. The number of nitrogens with zero attached hydrogens (tertiary/aromatic N) is 1. The Hall–Kier alpha value is -4.52. The number of benzene rings is 3. The Balaban J connectivity index is 0.964. The third-order valence-corrected chi connectivity index (χ3v) is 8.52. The van der Waals surface area contributed by atoms with E-state index in [2.05, 4.69) is 12.2 Å². The molecular weight excluding hydrogens is 494 g/mol. The number of esters is 1. The summed E-state index contributed by atoms with van der Waals surface area (Å²) in [6, 6.07) is 21.7. The number of imide groups is 1. The van der Waals surface area contributed by atoms with Gasteiger partial charge in [-0.3, -0.25) is 19.3 Å². The first kappa shape index (κ1) is 23.6. The van der Waals surface area contributed by atoms with Crippen molar-refractivity contribution < 1.29 is 28.7 Å². The van der Waals surface area contributed by atoms with E-state index >= 15 is 0 Å². The summed E-state index contributed by atoms with van der Waals surface area (Å²) < 4.78 is 11.0. The lowest BCUT2D eigenvalue weighted by molar-refractivity contribution is -0.124. The third-order valence-electron chi connectivity index (χ3n) is 8.52. The largest absolute Gasteiger partial charge is 0.485 e. The van der Waals surface area contributed by atoms with E-state index in [0.717, 1.165) is 6.42 Å². The van der Waals surface area contributed by atoms with Crippen molar-refractivity contribution in [3.63, 3.8) is 0 Å². The summed E-state index contributed by atoms with van der Waals surface area (Å²) in [5, 5.41) is 0. The second kappa shape index (κ2) is 9.05. The van der Waals surface area contributed by atoms with Gasteiger partial charge in [-0.25, -0.2) is 4.79 Å². The van der Waals surface area contributed by atoms with Gasteiger partial charge < -0.3 is 9.47 Å². The van der Waals surface area contributed by atoms with Crippen LogP contribution in [0.4, 0.5) is 5.69 Å². The van der Waals surface area contributed by atoms with E-state index in [1.54, 1.807) is 72.8 Å². The molecule has 0 aromatic heterocycles. The van der Waals surface area contributed by atoms with Crippen LogP contribution in [0, 0.1) is 35.5 Å². The molecule has 3 aromatic carbocycles. The van der Waals surface area contributed by atoms with Crippen LogP contribution in [-0.4, -0.2) is 30.2 Å². The van der Waals surface area contributed by atoms with Gasteiger partial charge in [0.05, 0.1) is 23.1 Å². The zero-order valence-electron chi connectivity index (χ0n) is 20.9. The summed E-state index contributed by atoms with van der Waals surface area (Å²) in [5.74, 6) is 0.898. The SMILES string of the molecule is O=C(COc1ccc(N2C(=O)[C@@H]3[C@H]4C=C[C@@H]([C@@H]5C[C@H]45)[C@H]3C2=O)cc1)c1ccc(OC(=O)c2ccccc2)cc1. The van der Waals surface area contributed by atoms with Crippen molar-refractivity contribution in [1.29, 1.82) is 0 Å². The molecule has 8 rings (SSSR count). The molecular formula is C32H25NO6. The maximum Gasteiger partial charge on any atom is 0.343 e. The minimum Gasteiger partial charge on any atom is -0.485 e. The molecule has 0 unspecified atom stereocenters. The van der Waals surface area contributed by atoms with Crippen molar-refractivity contribution in [3.8, 4) is 11.5 Å². The highest BCUT2D eigenvalue weighted by molar-refractivity contribution is 6.22. The highest BCUT2D eigenvalue weighted by Gasteiger charge is 2.67. The second-order valence-corrected chi connectivity index (χ2v) is 10.7. The number of Topliss-reactive ketones (excluding diaryl/α,β-unsaturated/α-hetero) is 1. The van der Waals surface area contributed by atoms with Gasteiger partial charge in [-0.2, -0.15) is 0 Å². The Kier molecular flexibility index (Phi) is 5.47. The lowest BCUT2D eigenvalue weighted by Crippen LogP contribution is -2.40. The molecule has 5 aliphatic rings. The number of amides is 2. The van der Waals surface area contributed by atoms with Crippen LogP contribution < -0.4 is 14.4 Å². The smallest absolute Gasteiger partial charge is 0.343 e. The van der Waals surface area contributed by atoms with Crippen molar-refractivity contribution in [2.24, 2.45) is 35.5 Å². The molecule has 0 N–H and O–H groups in total. The topological polar surface area (TPSA) is 90.0 Å². The van der Waals surface area contributed by atoms with Crippen LogP contribution in [0.25, 0.3) is 0 Å². The summed E-state index contributed by atoms with van der Waals surface area (Å²) in [7, 11) is 0. The molecule has 0 radical (unpaired) electrons. The first-order valence-electron chi connectivity index (χ1n) is 13.2. The molecule has 2 amide bonds. The molecule has 1 saturated heterocycles. The monoisotopic (exact) mass is 519 g/mol. The standard InChI is InChI=1S/C32H25NO6/c34-27(18-6-10-22(11-7-18)39-32(37)19-4-2-1-3-5-19)17-38-21-12-8-20(9-13-21)33-30(35)28-23-14-15-24(26-16-25(23)26)29(28)31(33)36/h1-15,23-26,28-29H,16-17H2/t23-,24-,25-,26+,28+,29+/m0/s1. The first-order chi connectivity index (χ1) is 19.0. The predicted octanol–water partition coefficient (Wildman–Crippen LogP) is 4.73. The predicted molar refractivity (Wildman–Crippen MR) is 141 cm³/mol. The number of anilines is 1. The number of ketones is 1. The minimum atomic E-state index is -0.474. The minimum absolute atomic E-state index is 0.101. The van der Waals surface area contributed by atoms with E-state index in [1.807, 2.05) is 6.07 Å². The van der Waals surface area contributed by atoms with Crippen LogP contribution in [0.1, 0.15) is 27.1 Å². The van der Waals surface area contributed by atoms with Gasteiger partial charge in [0.2, 0.25) is 11.8 Å². The Morgan fingerprint density at radius 3 is 1.92 bits per heavy atom. The third kappa shape index (κ3) is 3.96. The molecule has 2 saturated carbocycles. The molecule has 3 fully saturated rings. The van der Waals surface area contributed by atoms with Crippen LogP contribution in [0.2, 0.25) is 0 Å². The number of carbonyl (C=O) groups is 4. The van der Waals surface area contributed by atoms with Gasteiger partial charge in [-0.05, 0) is 90.8 Å². The molecule has 3 aromatic rings. The average molecular weight is 520 g/mol. The second-order valence-electron chi connectivity index (χ2n) is 10.7. The van der Waals surface area contributed by atoms with E-state index in [-0.39, 0.29) is 47.9 Å². The molecule has 7 heteroatoms. The summed E-state index contributed by atoms with van der Waals surface area (Å²) in [5.41, 5.74) is 1.39. The maximum absolute atomic E-state index is 13.3. The van der Waals surface area contributed by atoms with Crippen LogP contribution in [0.3, 0.4) is 0 Å². The molecule has 0 spiro atoms. The summed E-state index contributed by atoms with van der Waals surface area (Å²) in [4.78, 5) is 52.7. The van der Waals surface area contributed by atoms with Gasteiger partial charge in [-0.15, -0.1) is 0 Å². The molecule has 4 aliphatic carbocycles. The molecule has 194 valence electrons. The van der Waals surface area contributed by atoms with Crippen molar-refractivity contribution in [2.75, 3.05) is 11.5 Å². The van der Waals surface area contributed by atoms with E-state index in [1.165, 1.54) is 4.90 Å². The van der Waals surface area contributed by atoms with Gasteiger partial charge in [-0.1, -0.05) is 30.4 Å². The Morgan fingerprint density at radius 2 is 1.31 bits per heavy atom. The number of allylic oxidation sites excluding steroid dienone is 2. The number of hydrogen-bond acceptors (Lipinski definition) is 6. The Morgan fingerprint density at radius 1 is 0.718 bits per heavy atom. The van der Waals surface area contributed by atoms with Crippen LogP contribution >= 0.6 is 0 Å². The fourth-order valence-electron chi connectivity index (χ4n) is 6.58. The molecule has 2 bridgehead atoms. The molecule has 7 nitrogen and oxygen atoms in total. The molecule has 6 atom stereocenters. The van der Waals surface area contributed by atoms with Crippen LogP contribution in [0.5, 0.6) is 11.5 Å². The lowest BCUT2D eigenvalue weighted by atomic mass is 9.63. The molecule has 1 aliphatic heterocycles. The fraction of sp³-hybridized carbons (Fsp3) is 0.250. The van der Waals surface area contributed by atoms with E-state index in [0.29, 0.717) is 40.1 Å². The quantitative estimate of drug-likeness (QED) is 0.148. The zero-order valence-corrected chi connectivity index (χ0v) is 20.9. The number of ether oxygens (including phenoxy) is 2. The molecule has 1 heterocycles. The average Bonchev–Trinajstić information content (AvgIpc) is 3.75. The van der Waals surface area contributed by atoms with E-state index in [9.17, 15) is 19.2 Å². The fourth-order valence-corrected chi connectivity index (χ4v) is 6.58. The van der Waals surface area contributed by atoms with Gasteiger partial charge in [0, 0.05) is 5.56 Å². The number of rotatable bonds is 7. The van der Waals surface area contributed by atoms with Crippen molar-refractivity contribution in [1.82, 2.24) is 0 Å². The van der Waals surface area contributed by atoms with Gasteiger partial charge in [0.15, 0.2) is 12.4 Å². The van der Waals surface area contributed by atoms with Gasteiger partial charge in [0.1, 0.15) is 11.5 Å². The Bertz CT molecular complexity index is 1470. The van der Waals surface area contributed by atoms with Crippen LogP contribution in [0.15, 0.2) is 91.0 Å². The highest BCUT2D eigenvalue weighted by atomic mass is 16.5. The summed E-state index contributed by atoms with van der Waals surface area (Å²) >= 11 is 0. The van der Waals surface area contributed by atoms with Crippen LogP contribution in [-0.2, 0) is 9.59 Å². The number of hydrogen-bond donors (Lipinski definition) is 0. The van der Waals surface area contributed by atoms with Crippen molar-refractivity contribution >= 4 is 29.3 Å². The Labute approximate surface area is 225 Å². The number of carbonyl (C=O) groups excluding carboxylic acids is 4. The van der Waals surface area contributed by atoms with Crippen molar-refractivity contribution in [2.45, 2.75) is 6.42 Å². The van der Waals surface area contributed by atoms with E-state index < -0.39 is 5.97 Å². The first-order valence-corrected chi connectivity index (χ1v) is 13.2. The summed E-state index contributed by atoms with van der Waals surface area (Å²) in [6.07, 6.45) is 5.45. The maximum atomic E-state index is 13.3. The highest BCUT2D eigenvalue weighted by Crippen LogP contribution is 2.65.